The molecule has 164 valence electrons. The van der Waals surface area contributed by atoms with Crippen LogP contribution < -0.4 is 5.32 Å². The predicted molar refractivity (Wildman–Crippen MR) is 115 cm³/mol. The minimum atomic E-state index is -0.534. The highest BCUT2D eigenvalue weighted by Crippen LogP contribution is 2.37. The minimum absolute atomic E-state index is 0.0499. The van der Waals surface area contributed by atoms with Crippen LogP contribution in [0.15, 0.2) is 42.7 Å². The van der Waals surface area contributed by atoms with Gasteiger partial charge in [-0.05, 0) is 61.9 Å². The van der Waals surface area contributed by atoms with Crippen molar-refractivity contribution in [3.05, 3.63) is 64.7 Å². The van der Waals surface area contributed by atoms with E-state index in [4.69, 9.17) is 16.3 Å². The number of halogens is 2. The lowest BCUT2D eigenvalue weighted by Crippen LogP contribution is -2.51. The van der Waals surface area contributed by atoms with Gasteiger partial charge in [-0.2, -0.15) is 0 Å². The van der Waals surface area contributed by atoms with Crippen molar-refractivity contribution in [2.24, 2.45) is 5.92 Å². The number of piperidine rings is 1. The normalized spacial score (nSPS) is 20.5. The van der Waals surface area contributed by atoms with Crippen molar-refractivity contribution in [2.45, 2.75) is 31.3 Å². The van der Waals surface area contributed by atoms with Crippen molar-refractivity contribution < 1.29 is 18.7 Å². The largest absolute Gasteiger partial charge is 0.375 e. The van der Waals surface area contributed by atoms with Gasteiger partial charge in [-0.3, -0.25) is 14.6 Å². The number of nitrogens with zero attached hydrogens (tertiary/aromatic N) is 2. The maximum Gasteiger partial charge on any atom is 0.253 e. The Labute approximate surface area is 185 Å². The van der Waals surface area contributed by atoms with Gasteiger partial charge in [0.05, 0.1) is 16.2 Å². The Bertz CT molecular complexity index is 948. The first kappa shape index (κ1) is 21.7. The molecule has 1 N–H and O–H groups in total. The van der Waals surface area contributed by atoms with Gasteiger partial charge in [0.25, 0.3) is 11.8 Å². The predicted octanol–water partition coefficient (Wildman–Crippen LogP) is 3.71. The number of aromatic nitrogens is 1. The Hall–Kier alpha value is -2.51. The number of amides is 2. The molecule has 2 fully saturated rings. The maximum absolute atomic E-state index is 13.4. The number of likely N-dealkylation sites (tertiary alicyclic amines) is 1. The molecule has 4 rings (SSSR count). The lowest BCUT2D eigenvalue weighted by Gasteiger charge is -2.46. The molecule has 8 heteroatoms. The van der Waals surface area contributed by atoms with Crippen LogP contribution in [-0.4, -0.2) is 53.5 Å². The summed E-state index contributed by atoms with van der Waals surface area (Å²) in [5, 5.41) is 2.96. The van der Waals surface area contributed by atoms with Crippen LogP contribution in [0.5, 0.6) is 0 Å². The number of rotatable bonds is 4. The number of ether oxygens (including phenoxy) is 1. The third-order valence-electron chi connectivity index (χ3n) is 6.20. The number of carbonyl (C=O) groups is 2. The van der Waals surface area contributed by atoms with Crippen LogP contribution >= 0.6 is 11.6 Å². The first-order chi connectivity index (χ1) is 15.0. The summed E-state index contributed by atoms with van der Waals surface area (Å²) in [6.45, 7) is 2.38. The van der Waals surface area contributed by atoms with Crippen LogP contribution in [0.3, 0.4) is 0 Å². The summed E-state index contributed by atoms with van der Waals surface area (Å²) in [5.74, 6) is -0.472. The van der Waals surface area contributed by atoms with E-state index in [0.29, 0.717) is 43.3 Å². The van der Waals surface area contributed by atoms with Crippen molar-refractivity contribution in [1.82, 2.24) is 15.2 Å². The van der Waals surface area contributed by atoms with E-state index >= 15 is 0 Å². The second-order valence-electron chi connectivity index (χ2n) is 8.26. The highest BCUT2D eigenvalue weighted by atomic mass is 35.5. The summed E-state index contributed by atoms with van der Waals surface area (Å²) < 4.78 is 19.6. The highest BCUT2D eigenvalue weighted by molar-refractivity contribution is 6.31. The molecule has 31 heavy (non-hydrogen) atoms. The van der Waals surface area contributed by atoms with E-state index in [2.05, 4.69) is 10.3 Å². The van der Waals surface area contributed by atoms with Crippen molar-refractivity contribution >= 4 is 23.4 Å². The molecule has 0 radical (unpaired) electrons. The Morgan fingerprint density at radius 3 is 2.77 bits per heavy atom. The van der Waals surface area contributed by atoms with Crippen molar-refractivity contribution in [3.63, 3.8) is 0 Å². The van der Waals surface area contributed by atoms with E-state index in [1.165, 1.54) is 18.2 Å². The monoisotopic (exact) mass is 445 g/mol. The molecule has 1 aromatic heterocycles. The molecular weight excluding hydrogens is 421 g/mol. The zero-order valence-corrected chi connectivity index (χ0v) is 17.9. The van der Waals surface area contributed by atoms with Gasteiger partial charge in [-0.1, -0.05) is 11.6 Å². The molecule has 1 unspecified atom stereocenters. The number of pyridine rings is 1. The van der Waals surface area contributed by atoms with Crippen LogP contribution in [0.25, 0.3) is 0 Å². The number of benzene rings is 1. The van der Waals surface area contributed by atoms with Gasteiger partial charge in [0.2, 0.25) is 0 Å². The summed E-state index contributed by atoms with van der Waals surface area (Å²) in [6.07, 6.45) is 6.42. The number of hydrogen-bond donors (Lipinski definition) is 1. The molecular formula is C23H25ClFN3O3. The Kier molecular flexibility index (Phi) is 6.53. The molecule has 2 saturated heterocycles. The Morgan fingerprint density at radius 1 is 1.26 bits per heavy atom. The zero-order valence-electron chi connectivity index (χ0n) is 17.2. The van der Waals surface area contributed by atoms with E-state index in [1.54, 1.807) is 29.4 Å². The Morgan fingerprint density at radius 2 is 2.06 bits per heavy atom. The quantitative estimate of drug-likeness (QED) is 0.778. The van der Waals surface area contributed by atoms with Crippen LogP contribution in [-0.2, 0) is 4.74 Å². The molecule has 6 nitrogen and oxygen atoms in total. The zero-order chi connectivity index (χ0) is 21.8. The lowest BCUT2D eigenvalue weighted by atomic mass is 9.79. The van der Waals surface area contributed by atoms with Gasteiger partial charge in [-0.25, -0.2) is 4.39 Å². The van der Waals surface area contributed by atoms with Gasteiger partial charge in [0, 0.05) is 44.2 Å². The molecule has 2 amide bonds. The fraction of sp³-hybridized carbons (Fsp3) is 0.435. The molecule has 1 spiro atoms. The summed E-state index contributed by atoms with van der Waals surface area (Å²) in [5.41, 5.74) is 0.680. The van der Waals surface area contributed by atoms with Crippen LogP contribution in [0.4, 0.5) is 4.39 Å². The van der Waals surface area contributed by atoms with E-state index in [-0.39, 0.29) is 22.4 Å². The second-order valence-corrected chi connectivity index (χ2v) is 8.67. The van der Waals surface area contributed by atoms with Gasteiger partial charge >= 0.3 is 0 Å². The fourth-order valence-corrected chi connectivity index (χ4v) is 4.60. The topological polar surface area (TPSA) is 71.5 Å². The van der Waals surface area contributed by atoms with Gasteiger partial charge in [0.1, 0.15) is 5.82 Å². The van der Waals surface area contributed by atoms with Gasteiger partial charge in [-0.15, -0.1) is 0 Å². The van der Waals surface area contributed by atoms with E-state index in [0.717, 1.165) is 25.7 Å². The first-order valence-electron chi connectivity index (χ1n) is 10.5. The molecule has 1 atom stereocenters. The smallest absolute Gasteiger partial charge is 0.253 e. The molecule has 0 bridgehead atoms. The number of carbonyl (C=O) groups excluding carboxylic acids is 2. The molecule has 0 saturated carbocycles. The minimum Gasteiger partial charge on any atom is -0.375 e. The summed E-state index contributed by atoms with van der Waals surface area (Å²) in [7, 11) is 0. The van der Waals surface area contributed by atoms with Crippen LogP contribution in [0, 0.1) is 11.7 Å². The average molecular weight is 446 g/mol. The number of hydrogen-bond acceptors (Lipinski definition) is 4. The van der Waals surface area contributed by atoms with Gasteiger partial charge < -0.3 is 15.0 Å². The molecule has 3 heterocycles. The molecule has 2 aliphatic rings. The van der Waals surface area contributed by atoms with Crippen molar-refractivity contribution in [2.75, 3.05) is 26.2 Å². The summed E-state index contributed by atoms with van der Waals surface area (Å²) in [6, 6.07) is 7.55. The third kappa shape index (κ3) is 5.05. The highest BCUT2D eigenvalue weighted by Gasteiger charge is 2.41. The standard InChI is InChI=1S/C23H25ClFN3O3/c24-19-12-17(3-4-20(19)25)22(30)28-9-6-23(7-10-28)13-16(5-11-31-23)14-27-21(29)18-2-1-8-26-15-18/h1-4,8,12,15-16H,5-7,9-11,13-14H2,(H,27,29). The maximum atomic E-state index is 13.4. The average Bonchev–Trinajstić information content (AvgIpc) is 2.80. The molecule has 0 aliphatic carbocycles. The number of nitrogens with one attached hydrogen (secondary N) is 1. The summed E-state index contributed by atoms with van der Waals surface area (Å²) in [4.78, 5) is 30.8. The Balaban J connectivity index is 1.31. The van der Waals surface area contributed by atoms with Crippen molar-refractivity contribution in [1.29, 1.82) is 0 Å². The third-order valence-corrected chi connectivity index (χ3v) is 6.49. The first-order valence-corrected chi connectivity index (χ1v) is 10.9. The summed E-state index contributed by atoms with van der Waals surface area (Å²) >= 11 is 5.82. The van der Waals surface area contributed by atoms with Crippen LogP contribution in [0.1, 0.15) is 46.4 Å². The lowest BCUT2D eigenvalue weighted by molar-refractivity contribution is -0.122. The SMILES string of the molecule is O=C(NCC1CCOC2(CCN(C(=O)c3ccc(F)c(Cl)c3)CC2)C1)c1cccnc1. The van der Waals surface area contributed by atoms with E-state index in [1.807, 2.05) is 0 Å². The van der Waals surface area contributed by atoms with Crippen molar-refractivity contribution in [3.8, 4) is 0 Å². The van der Waals surface area contributed by atoms with E-state index in [9.17, 15) is 14.0 Å². The second kappa shape index (κ2) is 9.32. The van der Waals surface area contributed by atoms with E-state index < -0.39 is 5.82 Å². The fourth-order valence-electron chi connectivity index (χ4n) is 4.42. The molecule has 2 aliphatic heterocycles. The molecule has 2 aromatic rings. The van der Waals surface area contributed by atoms with Gasteiger partial charge in [0.15, 0.2) is 0 Å². The van der Waals surface area contributed by atoms with Crippen LogP contribution in [0.2, 0.25) is 5.02 Å². The molecule has 1 aromatic carbocycles.